The molecule has 0 fully saturated rings. The number of carbonyl (C=O) groups excluding carboxylic acids is 1. The fourth-order valence-corrected chi connectivity index (χ4v) is 3.61. The van der Waals surface area contributed by atoms with Crippen molar-refractivity contribution in [3.05, 3.63) is 35.9 Å². The Kier molecular flexibility index (Phi) is 3.64. The number of benzene rings is 2. The smallest absolute Gasteiger partial charge is 0.250 e. The molecule has 0 heterocycles. The van der Waals surface area contributed by atoms with Gasteiger partial charge in [0, 0.05) is 9.79 Å². The number of fused-ring (bicyclic) bond motifs is 1. The summed E-state index contributed by atoms with van der Waals surface area (Å²) in [6.07, 6.45) is 3.98. The predicted molar refractivity (Wildman–Crippen MR) is 76.0 cm³/mol. The number of hydrogen-bond donors (Lipinski definition) is 1. The van der Waals surface area contributed by atoms with E-state index in [0.717, 1.165) is 20.6 Å². The van der Waals surface area contributed by atoms with Gasteiger partial charge in [-0.1, -0.05) is 24.3 Å². The quantitative estimate of drug-likeness (QED) is 0.863. The molecule has 0 aromatic heterocycles. The van der Waals surface area contributed by atoms with Gasteiger partial charge in [-0.2, -0.15) is 0 Å². The minimum absolute atomic E-state index is 0.360. The Morgan fingerprint density at radius 3 is 2.47 bits per heavy atom. The van der Waals surface area contributed by atoms with E-state index in [0.29, 0.717) is 5.56 Å². The number of hydrogen-bond acceptors (Lipinski definition) is 3. The van der Waals surface area contributed by atoms with E-state index in [-0.39, 0.29) is 5.91 Å². The summed E-state index contributed by atoms with van der Waals surface area (Å²) in [6, 6.07) is 9.96. The van der Waals surface area contributed by atoms with Crippen LogP contribution in [0.1, 0.15) is 10.4 Å². The lowest BCUT2D eigenvalue weighted by molar-refractivity contribution is 0.0999. The van der Waals surface area contributed by atoms with Crippen molar-refractivity contribution in [2.24, 2.45) is 5.73 Å². The third kappa shape index (κ3) is 2.15. The minimum atomic E-state index is -0.360. The number of nitrogens with two attached hydrogens (primary N) is 1. The van der Waals surface area contributed by atoms with Gasteiger partial charge in [-0.25, -0.2) is 0 Å². The van der Waals surface area contributed by atoms with E-state index in [4.69, 9.17) is 5.73 Å². The van der Waals surface area contributed by atoms with Gasteiger partial charge < -0.3 is 5.73 Å². The van der Waals surface area contributed by atoms with Crippen LogP contribution in [0.15, 0.2) is 40.1 Å². The summed E-state index contributed by atoms with van der Waals surface area (Å²) < 4.78 is 0. The van der Waals surface area contributed by atoms with Crippen LogP contribution in [0.25, 0.3) is 10.8 Å². The summed E-state index contributed by atoms with van der Waals surface area (Å²) >= 11 is 3.21. The Morgan fingerprint density at radius 1 is 1.18 bits per heavy atom. The first-order valence-corrected chi connectivity index (χ1v) is 7.57. The average Bonchev–Trinajstić information content (AvgIpc) is 2.35. The molecule has 0 unspecified atom stereocenters. The second kappa shape index (κ2) is 5.02. The van der Waals surface area contributed by atoms with Crippen molar-refractivity contribution in [2.75, 3.05) is 12.5 Å². The molecule has 0 saturated heterocycles. The Bertz CT molecular complexity index is 581. The van der Waals surface area contributed by atoms with Gasteiger partial charge >= 0.3 is 0 Å². The van der Waals surface area contributed by atoms with Gasteiger partial charge in [0.05, 0.1) is 5.56 Å². The molecule has 2 rings (SSSR count). The van der Waals surface area contributed by atoms with Crippen LogP contribution in [0, 0.1) is 0 Å². The van der Waals surface area contributed by atoms with Crippen LogP contribution in [-0.2, 0) is 0 Å². The van der Waals surface area contributed by atoms with Crippen molar-refractivity contribution in [1.29, 1.82) is 0 Å². The van der Waals surface area contributed by atoms with Crippen molar-refractivity contribution in [3.63, 3.8) is 0 Å². The minimum Gasteiger partial charge on any atom is -0.366 e. The van der Waals surface area contributed by atoms with E-state index in [2.05, 4.69) is 6.07 Å². The van der Waals surface area contributed by atoms with E-state index in [1.165, 1.54) is 0 Å². The molecule has 2 N–H and O–H groups in total. The highest BCUT2D eigenvalue weighted by molar-refractivity contribution is 8.01. The molecule has 88 valence electrons. The molecule has 0 bridgehead atoms. The first kappa shape index (κ1) is 12.3. The zero-order valence-corrected chi connectivity index (χ0v) is 11.3. The topological polar surface area (TPSA) is 43.1 Å². The molecule has 2 nitrogen and oxygen atoms in total. The van der Waals surface area contributed by atoms with E-state index in [9.17, 15) is 4.79 Å². The zero-order chi connectivity index (χ0) is 12.4. The molecular weight excluding hydrogens is 250 g/mol. The lowest BCUT2D eigenvalue weighted by Crippen LogP contribution is -2.13. The first-order valence-electron chi connectivity index (χ1n) is 5.12. The molecule has 0 aliphatic rings. The molecule has 0 aliphatic heterocycles. The Balaban J connectivity index is 2.90. The molecule has 2 aromatic rings. The number of amides is 1. The molecular formula is C13H13NOS2. The molecule has 1 amide bonds. The summed E-state index contributed by atoms with van der Waals surface area (Å²) in [4.78, 5) is 13.7. The van der Waals surface area contributed by atoms with Crippen molar-refractivity contribution >= 4 is 40.2 Å². The van der Waals surface area contributed by atoms with Crippen LogP contribution in [0.4, 0.5) is 0 Å². The highest BCUT2D eigenvalue weighted by Gasteiger charge is 2.16. The van der Waals surface area contributed by atoms with Crippen LogP contribution >= 0.6 is 23.5 Å². The van der Waals surface area contributed by atoms with Gasteiger partial charge in [-0.3, -0.25) is 4.79 Å². The average molecular weight is 263 g/mol. The Morgan fingerprint density at radius 2 is 1.88 bits per heavy atom. The zero-order valence-electron chi connectivity index (χ0n) is 9.69. The maximum Gasteiger partial charge on any atom is 0.250 e. The van der Waals surface area contributed by atoms with E-state index in [1.807, 2.05) is 36.8 Å². The standard InChI is InChI=1S/C13H13NOS2/c1-16-10-7-8-5-3-4-6-9(8)11(13(14)15)12(10)17-2/h3-7H,1-2H3,(H2,14,15). The van der Waals surface area contributed by atoms with Crippen LogP contribution in [-0.4, -0.2) is 18.4 Å². The third-order valence-corrected chi connectivity index (χ3v) is 4.36. The summed E-state index contributed by atoms with van der Waals surface area (Å²) in [5.41, 5.74) is 6.16. The SMILES string of the molecule is CSc1cc2ccccc2c(C(N)=O)c1SC. The maximum atomic E-state index is 11.7. The summed E-state index contributed by atoms with van der Waals surface area (Å²) in [7, 11) is 0. The maximum absolute atomic E-state index is 11.7. The van der Waals surface area contributed by atoms with E-state index < -0.39 is 0 Å². The van der Waals surface area contributed by atoms with Crippen molar-refractivity contribution in [2.45, 2.75) is 9.79 Å². The van der Waals surface area contributed by atoms with E-state index >= 15 is 0 Å². The van der Waals surface area contributed by atoms with Gasteiger partial charge in [0.15, 0.2) is 0 Å². The molecule has 4 heteroatoms. The molecule has 17 heavy (non-hydrogen) atoms. The van der Waals surface area contributed by atoms with Crippen molar-refractivity contribution in [3.8, 4) is 0 Å². The number of rotatable bonds is 3. The number of thioether (sulfide) groups is 2. The first-order chi connectivity index (χ1) is 8.19. The van der Waals surface area contributed by atoms with Crippen LogP contribution in [0.5, 0.6) is 0 Å². The number of primary amides is 1. The molecule has 0 aliphatic carbocycles. The Hall–Kier alpha value is -1.13. The third-order valence-electron chi connectivity index (χ3n) is 2.64. The van der Waals surface area contributed by atoms with E-state index in [1.54, 1.807) is 23.5 Å². The van der Waals surface area contributed by atoms with Crippen molar-refractivity contribution < 1.29 is 4.79 Å². The van der Waals surface area contributed by atoms with Crippen LogP contribution in [0.3, 0.4) is 0 Å². The second-order valence-corrected chi connectivity index (χ2v) is 5.24. The van der Waals surface area contributed by atoms with Gasteiger partial charge in [0.25, 0.3) is 5.91 Å². The van der Waals surface area contributed by atoms with Crippen molar-refractivity contribution in [1.82, 2.24) is 0 Å². The Labute approximate surface area is 109 Å². The summed E-state index contributed by atoms with van der Waals surface area (Å²) in [5.74, 6) is -0.360. The van der Waals surface area contributed by atoms with Gasteiger partial charge in [-0.05, 0) is 29.4 Å². The summed E-state index contributed by atoms with van der Waals surface area (Å²) in [6.45, 7) is 0. The molecule has 0 atom stereocenters. The fourth-order valence-electron chi connectivity index (χ4n) is 1.90. The normalized spacial score (nSPS) is 10.7. The predicted octanol–water partition coefficient (Wildman–Crippen LogP) is 3.38. The molecule has 0 saturated carbocycles. The molecule has 0 spiro atoms. The largest absolute Gasteiger partial charge is 0.366 e. The lowest BCUT2D eigenvalue weighted by Gasteiger charge is -2.12. The van der Waals surface area contributed by atoms with Crippen LogP contribution < -0.4 is 5.73 Å². The summed E-state index contributed by atoms with van der Waals surface area (Å²) in [5, 5.41) is 1.99. The highest BCUT2D eigenvalue weighted by atomic mass is 32.2. The second-order valence-electron chi connectivity index (χ2n) is 3.57. The van der Waals surface area contributed by atoms with Gasteiger partial charge in [0.1, 0.15) is 0 Å². The van der Waals surface area contributed by atoms with Gasteiger partial charge in [-0.15, -0.1) is 23.5 Å². The van der Waals surface area contributed by atoms with Crippen LogP contribution in [0.2, 0.25) is 0 Å². The monoisotopic (exact) mass is 263 g/mol. The number of carbonyl (C=O) groups is 1. The fraction of sp³-hybridized carbons (Fsp3) is 0.154. The lowest BCUT2D eigenvalue weighted by atomic mass is 10.0. The highest BCUT2D eigenvalue weighted by Crippen LogP contribution is 2.36. The molecule has 2 aromatic carbocycles. The van der Waals surface area contributed by atoms with Gasteiger partial charge in [0.2, 0.25) is 0 Å². The molecule has 0 radical (unpaired) electrons.